The number of para-hydroxylation sites is 1. The van der Waals surface area contributed by atoms with Gasteiger partial charge in [0.1, 0.15) is 17.1 Å². The number of amides is 2. The Morgan fingerprint density at radius 2 is 1.51 bits per heavy atom. The van der Waals surface area contributed by atoms with Crippen LogP contribution in [0.2, 0.25) is 0 Å². The molecule has 1 heterocycles. The zero-order valence-electron chi connectivity index (χ0n) is 18.6. The minimum atomic E-state index is -1.21. The Balaban J connectivity index is 1.66. The number of aromatic nitrogens is 2. The maximum atomic E-state index is 13.0. The van der Waals surface area contributed by atoms with E-state index in [0.29, 0.717) is 22.8 Å². The summed E-state index contributed by atoms with van der Waals surface area (Å²) in [6, 6.07) is 22.4. The van der Waals surface area contributed by atoms with Crippen LogP contribution in [0, 0.1) is 0 Å². The standard InChI is InChI=1S/C25H21N5O5/c1-34-19-11-5-9-17(13-19)28-24-26-15-21(22(31)27-16-7-3-2-4-8-16)23(30-24)35-20-12-6-10-18(14-20)29-25(32)33/h2-15,29H,1H3,(H,27,31)(H,32,33)(H,26,28,30). The summed E-state index contributed by atoms with van der Waals surface area (Å²) in [6.07, 6.45) is 0.138. The highest BCUT2D eigenvalue weighted by atomic mass is 16.5. The number of hydrogen-bond acceptors (Lipinski definition) is 7. The predicted octanol–water partition coefficient (Wildman–Crippen LogP) is 5.36. The van der Waals surface area contributed by atoms with Crippen LogP contribution in [0.25, 0.3) is 0 Å². The van der Waals surface area contributed by atoms with Crippen LogP contribution in [-0.2, 0) is 0 Å². The molecule has 0 aliphatic carbocycles. The van der Waals surface area contributed by atoms with E-state index in [1.807, 2.05) is 12.1 Å². The van der Waals surface area contributed by atoms with Crippen molar-refractivity contribution < 1.29 is 24.2 Å². The van der Waals surface area contributed by atoms with Gasteiger partial charge in [0, 0.05) is 35.4 Å². The molecule has 0 bridgehead atoms. The summed E-state index contributed by atoms with van der Waals surface area (Å²) in [6.45, 7) is 0. The first-order chi connectivity index (χ1) is 17.0. The van der Waals surface area contributed by atoms with Gasteiger partial charge in [0.2, 0.25) is 11.8 Å². The van der Waals surface area contributed by atoms with Crippen molar-refractivity contribution in [1.82, 2.24) is 9.97 Å². The molecule has 0 radical (unpaired) electrons. The zero-order valence-corrected chi connectivity index (χ0v) is 18.6. The molecule has 3 aromatic carbocycles. The number of anilines is 4. The number of nitrogens with zero attached hydrogens (tertiary/aromatic N) is 2. The molecule has 0 aliphatic rings. The second-order valence-electron chi connectivity index (χ2n) is 7.15. The number of carbonyl (C=O) groups excluding carboxylic acids is 1. The van der Waals surface area contributed by atoms with Crippen molar-refractivity contribution in [3.05, 3.63) is 90.6 Å². The molecular weight excluding hydrogens is 450 g/mol. The largest absolute Gasteiger partial charge is 0.497 e. The first kappa shape index (κ1) is 23.1. The molecule has 10 heteroatoms. The molecule has 0 unspecified atom stereocenters. The van der Waals surface area contributed by atoms with Crippen LogP contribution in [0.1, 0.15) is 10.4 Å². The molecular formula is C25H21N5O5. The summed E-state index contributed by atoms with van der Waals surface area (Å²) >= 11 is 0. The van der Waals surface area contributed by atoms with E-state index in [1.165, 1.54) is 12.3 Å². The van der Waals surface area contributed by atoms with Gasteiger partial charge in [-0.3, -0.25) is 10.1 Å². The van der Waals surface area contributed by atoms with Crippen molar-refractivity contribution in [1.29, 1.82) is 0 Å². The molecule has 0 saturated carbocycles. The smallest absolute Gasteiger partial charge is 0.409 e. The van der Waals surface area contributed by atoms with E-state index in [9.17, 15) is 9.59 Å². The van der Waals surface area contributed by atoms with Crippen LogP contribution in [0.4, 0.5) is 27.8 Å². The molecule has 35 heavy (non-hydrogen) atoms. The second-order valence-corrected chi connectivity index (χ2v) is 7.15. The van der Waals surface area contributed by atoms with Gasteiger partial charge >= 0.3 is 6.09 Å². The monoisotopic (exact) mass is 471 g/mol. The third-order valence-electron chi connectivity index (χ3n) is 4.66. The van der Waals surface area contributed by atoms with Crippen LogP contribution < -0.4 is 25.4 Å². The Labute approximate surface area is 200 Å². The van der Waals surface area contributed by atoms with Crippen molar-refractivity contribution in [2.75, 3.05) is 23.1 Å². The van der Waals surface area contributed by atoms with E-state index < -0.39 is 12.0 Å². The third-order valence-corrected chi connectivity index (χ3v) is 4.66. The molecule has 10 nitrogen and oxygen atoms in total. The predicted molar refractivity (Wildman–Crippen MR) is 131 cm³/mol. The Morgan fingerprint density at radius 3 is 2.26 bits per heavy atom. The van der Waals surface area contributed by atoms with Gasteiger partial charge in [0.25, 0.3) is 5.91 Å². The van der Waals surface area contributed by atoms with E-state index >= 15 is 0 Å². The van der Waals surface area contributed by atoms with Crippen molar-refractivity contribution in [2.24, 2.45) is 0 Å². The first-order valence-corrected chi connectivity index (χ1v) is 10.4. The number of methoxy groups -OCH3 is 1. The van der Waals surface area contributed by atoms with Gasteiger partial charge in [0.05, 0.1) is 7.11 Å². The lowest BCUT2D eigenvalue weighted by Gasteiger charge is -2.13. The number of hydrogen-bond donors (Lipinski definition) is 4. The molecule has 0 aliphatic heterocycles. The summed E-state index contributed by atoms with van der Waals surface area (Å²) in [5, 5.41) is 17.1. The molecule has 0 saturated heterocycles. The number of nitrogens with one attached hydrogen (secondary N) is 3. The summed E-state index contributed by atoms with van der Waals surface area (Å²) < 4.78 is 11.1. The average molecular weight is 471 g/mol. The maximum Gasteiger partial charge on any atom is 0.409 e. The molecule has 1 aromatic heterocycles. The van der Waals surface area contributed by atoms with Crippen LogP contribution in [-0.4, -0.2) is 34.2 Å². The van der Waals surface area contributed by atoms with Gasteiger partial charge in [-0.2, -0.15) is 4.98 Å². The summed E-state index contributed by atoms with van der Waals surface area (Å²) in [5.74, 6) is 0.610. The highest BCUT2D eigenvalue weighted by Gasteiger charge is 2.18. The third kappa shape index (κ3) is 6.23. The average Bonchev–Trinajstić information content (AvgIpc) is 2.85. The molecule has 4 aromatic rings. The Morgan fingerprint density at radius 1 is 0.829 bits per heavy atom. The number of carboxylic acid groups (broad SMARTS) is 1. The number of rotatable bonds is 8. The molecule has 176 valence electrons. The fourth-order valence-electron chi connectivity index (χ4n) is 3.08. The second kappa shape index (κ2) is 10.7. The van der Waals surface area contributed by atoms with Crippen LogP contribution >= 0.6 is 0 Å². The van der Waals surface area contributed by atoms with E-state index in [2.05, 4.69) is 25.9 Å². The summed E-state index contributed by atoms with van der Waals surface area (Å²) in [4.78, 5) is 32.6. The minimum absolute atomic E-state index is 0.0219. The molecule has 0 fully saturated rings. The number of carbonyl (C=O) groups is 2. The van der Waals surface area contributed by atoms with E-state index in [0.717, 1.165) is 0 Å². The molecule has 2 amide bonds. The van der Waals surface area contributed by atoms with Gasteiger partial charge in [-0.05, 0) is 36.4 Å². The van der Waals surface area contributed by atoms with E-state index in [-0.39, 0.29) is 23.1 Å². The van der Waals surface area contributed by atoms with Crippen LogP contribution in [0.15, 0.2) is 85.1 Å². The van der Waals surface area contributed by atoms with Gasteiger partial charge in [-0.15, -0.1) is 0 Å². The highest BCUT2D eigenvalue weighted by molar-refractivity contribution is 6.05. The topological polar surface area (TPSA) is 135 Å². The fraction of sp³-hybridized carbons (Fsp3) is 0.0400. The lowest BCUT2D eigenvalue weighted by molar-refractivity contribution is 0.102. The highest BCUT2D eigenvalue weighted by Crippen LogP contribution is 2.28. The maximum absolute atomic E-state index is 13.0. The van der Waals surface area contributed by atoms with E-state index in [1.54, 1.807) is 67.8 Å². The Hall–Kier alpha value is -5.12. The quantitative estimate of drug-likeness (QED) is 0.270. The Kier molecular flexibility index (Phi) is 7.02. The zero-order chi connectivity index (χ0) is 24.6. The van der Waals surface area contributed by atoms with Crippen molar-refractivity contribution >= 4 is 35.0 Å². The van der Waals surface area contributed by atoms with Crippen molar-refractivity contribution in [3.63, 3.8) is 0 Å². The van der Waals surface area contributed by atoms with E-state index in [4.69, 9.17) is 14.6 Å². The van der Waals surface area contributed by atoms with Crippen LogP contribution in [0.3, 0.4) is 0 Å². The van der Waals surface area contributed by atoms with Gasteiger partial charge in [-0.1, -0.05) is 30.3 Å². The lowest BCUT2D eigenvalue weighted by Crippen LogP contribution is -2.15. The van der Waals surface area contributed by atoms with Gasteiger partial charge in [0.15, 0.2) is 0 Å². The minimum Gasteiger partial charge on any atom is -0.497 e. The van der Waals surface area contributed by atoms with Crippen molar-refractivity contribution in [3.8, 4) is 17.4 Å². The molecule has 4 rings (SSSR count). The number of ether oxygens (including phenoxy) is 2. The summed E-state index contributed by atoms with van der Waals surface area (Å²) in [7, 11) is 1.56. The van der Waals surface area contributed by atoms with Gasteiger partial charge in [-0.25, -0.2) is 9.78 Å². The fourth-order valence-corrected chi connectivity index (χ4v) is 3.08. The first-order valence-electron chi connectivity index (χ1n) is 10.4. The summed E-state index contributed by atoms with van der Waals surface area (Å²) in [5.41, 5.74) is 1.65. The van der Waals surface area contributed by atoms with Gasteiger partial charge < -0.3 is 25.2 Å². The number of benzene rings is 3. The van der Waals surface area contributed by atoms with Crippen LogP contribution in [0.5, 0.6) is 17.4 Å². The SMILES string of the molecule is COc1cccc(Nc2ncc(C(=O)Nc3ccccc3)c(Oc3cccc(NC(=O)O)c3)n2)c1. The van der Waals surface area contributed by atoms with Crippen molar-refractivity contribution in [2.45, 2.75) is 0 Å². The molecule has 0 spiro atoms. The Bertz CT molecular complexity index is 1350. The molecule has 4 N–H and O–H groups in total. The normalized spacial score (nSPS) is 10.2. The lowest BCUT2D eigenvalue weighted by atomic mass is 10.2. The molecule has 0 atom stereocenters.